The Labute approximate surface area is 154 Å². The summed E-state index contributed by atoms with van der Waals surface area (Å²) in [6.45, 7) is -0.253. The second kappa shape index (κ2) is 7.82. The standard InChI is InChI=1S/C20H17FN2O4/c1-26-14-5-3-13(4-6-14)19(24)12-23-20(25)10-9-18(22-23)16-8-7-15(27-2)11-17(16)21/h3-11H,12H2,1-2H3. The molecule has 2 aromatic carbocycles. The van der Waals surface area contributed by atoms with Gasteiger partial charge in [-0.25, -0.2) is 9.07 Å². The molecule has 1 heterocycles. The van der Waals surface area contributed by atoms with Crippen LogP contribution in [0.5, 0.6) is 11.5 Å². The van der Waals surface area contributed by atoms with Gasteiger partial charge in [-0.15, -0.1) is 0 Å². The molecule has 0 aliphatic rings. The number of halogens is 1. The maximum atomic E-state index is 14.3. The zero-order valence-electron chi connectivity index (χ0n) is 14.8. The molecule has 0 saturated carbocycles. The van der Waals surface area contributed by atoms with Crippen molar-refractivity contribution in [2.45, 2.75) is 6.54 Å². The Hall–Kier alpha value is -3.48. The van der Waals surface area contributed by atoms with Crippen LogP contribution in [0.4, 0.5) is 4.39 Å². The van der Waals surface area contributed by atoms with Crippen LogP contribution in [0.3, 0.4) is 0 Å². The van der Waals surface area contributed by atoms with E-state index < -0.39 is 11.4 Å². The molecule has 0 amide bonds. The highest BCUT2D eigenvalue weighted by molar-refractivity contribution is 5.95. The molecule has 0 fully saturated rings. The van der Waals surface area contributed by atoms with E-state index in [1.165, 1.54) is 38.5 Å². The van der Waals surface area contributed by atoms with Crippen molar-refractivity contribution < 1.29 is 18.7 Å². The van der Waals surface area contributed by atoms with Crippen LogP contribution in [0.1, 0.15) is 10.4 Å². The Morgan fingerprint density at radius 2 is 1.67 bits per heavy atom. The summed E-state index contributed by atoms with van der Waals surface area (Å²) >= 11 is 0. The zero-order valence-corrected chi connectivity index (χ0v) is 14.8. The van der Waals surface area contributed by atoms with E-state index in [-0.39, 0.29) is 23.6 Å². The lowest BCUT2D eigenvalue weighted by Gasteiger charge is -2.09. The average Bonchev–Trinajstić information content (AvgIpc) is 2.69. The van der Waals surface area contributed by atoms with Gasteiger partial charge in [0, 0.05) is 23.3 Å². The number of ether oxygens (including phenoxy) is 2. The summed E-state index contributed by atoms with van der Waals surface area (Å²) in [5.74, 6) is 0.172. The van der Waals surface area contributed by atoms with Gasteiger partial charge in [-0.05, 0) is 42.5 Å². The summed E-state index contributed by atoms with van der Waals surface area (Å²) in [5, 5.41) is 4.14. The summed E-state index contributed by atoms with van der Waals surface area (Å²) in [4.78, 5) is 24.5. The van der Waals surface area contributed by atoms with Crippen molar-refractivity contribution in [3.05, 3.63) is 76.3 Å². The largest absolute Gasteiger partial charge is 0.497 e. The van der Waals surface area contributed by atoms with Crippen LogP contribution >= 0.6 is 0 Å². The molecule has 27 heavy (non-hydrogen) atoms. The maximum Gasteiger partial charge on any atom is 0.267 e. The lowest BCUT2D eigenvalue weighted by atomic mass is 10.1. The van der Waals surface area contributed by atoms with Crippen molar-refractivity contribution in [2.24, 2.45) is 0 Å². The zero-order chi connectivity index (χ0) is 19.4. The molecule has 0 spiro atoms. The summed E-state index contributed by atoms with van der Waals surface area (Å²) in [6.07, 6.45) is 0. The number of nitrogens with zero attached hydrogens (tertiary/aromatic N) is 2. The number of carbonyl (C=O) groups is 1. The third-order valence-corrected chi connectivity index (χ3v) is 4.02. The van der Waals surface area contributed by atoms with Crippen LogP contribution in [-0.2, 0) is 6.54 Å². The number of aromatic nitrogens is 2. The van der Waals surface area contributed by atoms with Crippen LogP contribution < -0.4 is 15.0 Å². The second-order valence-electron chi connectivity index (χ2n) is 5.71. The number of benzene rings is 2. The second-order valence-corrected chi connectivity index (χ2v) is 5.71. The molecule has 6 nitrogen and oxygen atoms in total. The highest BCUT2D eigenvalue weighted by atomic mass is 19.1. The van der Waals surface area contributed by atoms with Gasteiger partial charge in [-0.3, -0.25) is 9.59 Å². The van der Waals surface area contributed by atoms with E-state index in [4.69, 9.17) is 9.47 Å². The number of rotatable bonds is 6. The number of carbonyl (C=O) groups excluding carboxylic acids is 1. The minimum atomic E-state index is -0.534. The van der Waals surface area contributed by atoms with Crippen molar-refractivity contribution in [3.63, 3.8) is 0 Å². The van der Waals surface area contributed by atoms with Crippen molar-refractivity contribution in [2.75, 3.05) is 14.2 Å². The molecule has 3 aromatic rings. The average molecular weight is 368 g/mol. The Balaban J connectivity index is 1.89. The van der Waals surface area contributed by atoms with E-state index in [1.54, 1.807) is 30.3 Å². The van der Waals surface area contributed by atoms with Gasteiger partial charge in [0.1, 0.15) is 23.9 Å². The lowest BCUT2D eigenvalue weighted by Crippen LogP contribution is -2.26. The van der Waals surface area contributed by atoms with Crippen molar-refractivity contribution in [1.29, 1.82) is 0 Å². The van der Waals surface area contributed by atoms with Crippen LogP contribution in [0.15, 0.2) is 59.4 Å². The monoisotopic (exact) mass is 368 g/mol. The van der Waals surface area contributed by atoms with E-state index in [2.05, 4.69) is 5.10 Å². The predicted octanol–water partition coefficient (Wildman–Crippen LogP) is 2.95. The van der Waals surface area contributed by atoms with E-state index in [0.717, 1.165) is 4.68 Å². The smallest absolute Gasteiger partial charge is 0.267 e. The molecule has 0 unspecified atom stereocenters. The van der Waals surface area contributed by atoms with Gasteiger partial charge in [-0.2, -0.15) is 5.10 Å². The van der Waals surface area contributed by atoms with E-state index >= 15 is 0 Å². The molecular weight excluding hydrogens is 351 g/mol. The Morgan fingerprint density at radius 3 is 2.30 bits per heavy atom. The summed E-state index contributed by atoms with van der Waals surface area (Å²) < 4.78 is 25.3. The summed E-state index contributed by atoms with van der Waals surface area (Å²) in [7, 11) is 2.97. The molecule has 0 bridgehead atoms. The molecule has 0 aliphatic heterocycles. The molecule has 0 saturated heterocycles. The number of Topliss-reactive ketones (excluding diaryl/α,β-unsaturated/α-hetero) is 1. The number of methoxy groups -OCH3 is 2. The molecule has 0 aliphatic carbocycles. The molecule has 1 aromatic heterocycles. The fourth-order valence-corrected chi connectivity index (χ4v) is 2.54. The molecule has 138 valence electrons. The quantitative estimate of drug-likeness (QED) is 0.626. The van der Waals surface area contributed by atoms with Gasteiger partial charge < -0.3 is 9.47 Å². The van der Waals surface area contributed by atoms with Crippen LogP contribution in [0.2, 0.25) is 0 Å². The van der Waals surface area contributed by atoms with E-state index in [9.17, 15) is 14.0 Å². The predicted molar refractivity (Wildman–Crippen MR) is 97.8 cm³/mol. The van der Waals surface area contributed by atoms with Gasteiger partial charge in [0.2, 0.25) is 0 Å². The van der Waals surface area contributed by atoms with Crippen LogP contribution in [0.25, 0.3) is 11.3 Å². The fourth-order valence-electron chi connectivity index (χ4n) is 2.54. The first-order chi connectivity index (χ1) is 13.0. The van der Waals surface area contributed by atoms with Gasteiger partial charge in [-0.1, -0.05) is 0 Å². The van der Waals surface area contributed by atoms with Crippen LogP contribution in [-0.4, -0.2) is 29.8 Å². The summed E-state index contributed by atoms with van der Waals surface area (Å²) in [5.41, 5.74) is 0.429. The molecular formula is C20H17FN2O4. The van der Waals surface area contributed by atoms with E-state index in [0.29, 0.717) is 17.1 Å². The first-order valence-electron chi connectivity index (χ1n) is 8.11. The maximum absolute atomic E-state index is 14.3. The highest BCUT2D eigenvalue weighted by Crippen LogP contribution is 2.24. The van der Waals surface area contributed by atoms with Gasteiger partial charge in [0.05, 0.1) is 19.9 Å². The molecule has 0 N–H and O–H groups in total. The topological polar surface area (TPSA) is 70.4 Å². The Kier molecular flexibility index (Phi) is 5.30. The van der Waals surface area contributed by atoms with Crippen molar-refractivity contribution in [1.82, 2.24) is 9.78 Å². The van der Waals surface area contributed by atoms with Gasteiger partial charge in [0.15, 0.2) is 5.78 Å². The minimum Gasteiger partial charge on any atom is -0.497 e. The number of ketones is 1. The Morgan fingerprint density at radius 1 is 1.00 bits per heavy atom. The van der Waals surface area contributed by atoms with Crippen molar-refractivity contribution in [3.8, 4) is 22.8 Å². The molecule has 0 radical (unpaired) electrons. The summed E-state index contributed by atoms with van der Waals surface area (Å²) in [6, 6.07) is 13.6. The first-order valence-corrected chi connectivity index (χ1v) is 8.11. The number of hydrogen-bond donors (Lipinski definition) is 0. The first kappa shape index (κ1) is 18.3. The number of hydrogen-bond acceptors (Lipinski definition) is 5. The minimum absolute atomic E-state index is 0.210. The normalized spacial score (nSPS) is 10.5. The third kappa shape index (κ3) is 4.03. The Bertz CT molecular complexity index is 1030. The third-order valence-electron chi connectivity index (χ3n) is 4.02. The SMILES string of the molecule is COc1ccc(C(=O)Cn2nc(-c3ccc(OC)cc3F)ccc2=O)cc1. The van der Waals surface area contributed by atoms with Crippen LogP contribution in [0, 0.1) is 5.82 Å². The van der Waals surface area contributed by atoms with E-state index in [1.807, 2.05) is 0 Å². The fraction of sp³-hybridized carbons (Fsp3) is 0.150. The highest BCUT2D eigenvalue weighted by Gasteiger charge is 2.13. The van der Waals surface area contributed by atoms with Crippen molar-refractivity contribution >= 4 is 5.78 Å². The van der Waals surface area contributed by atoms with Gasteiger partial charge >= 0.3 is 0 Å². The van der Waals surface area contributed by atoms with Gasteiger partial charge in [0.25, 0.3) is 5.56 Å². The molecule has 0 atom stereocenters. The lowest BCUT2D eigenvalue weighted by molar-refractivity contribution is 0.0966. The molecule has 7 heteroatoms. The molecule has 3 rings (SSSR count).